The molecule has 2 aromatic rings. The van der Waals surface area contributed by atoms with Crippen molar-refractivity contribution in [2.75, 3.05) is 5.88 Å². The van der Waals surface area contributed by atoms with Gasteiger partial charge in [0.15, 0.2) is 0 Å². The van der Waals surface area contributed by atoms with Gasteiger partial charge in [-0.15, -0.1) is 16.7 Å². The summed E-state index contributed by atoms with van der Waals surface area (Å²) in [7, 11) is 0. The van der Waals surface area contributed by atoms with Crippen molar-refractivity contribution < 1.29 is 4.92 Å². The zero-order chi connectivity index (χ0) is 13.1. The maximum absolute atomic E-state index is 10.8. The Morgan fingerprint density at radius 2 is 2.28 bits per heavy atom. The molecule has 94 valence electrons. The fourth-order valence-corrected chi connectivity index (χ4v) is 2.00. The van der Waals surface area contributed by atoms with Gasteiger partial charge in [0, 0.05) is 18.4 Å². The van der Waals surface area contributed by atoms with Crippen LogP contribution in [0.1, 0.15) is 5.69 Å². The number of nitro benzene ring substituents is 1. The summed E-state index contributed by atoms with van der Waals surface area (Å²) in [6.07, 6.45) is 2.32. The van der Waals surface area contributed by atoms with Crippen LogP contribution in [0.15, 0.2) is 28.9 Å². The number of halogens is 2. The van der Waals surface area contributed by atoms with E-state index < -0.39 is 4.92 Å². The van der Waals surface area contributed by atoms with Crippen LogP contribution in [0.25, 0.3) is 5.69 Å². The predicted molar refractivity (Wildman–Crippen MR) is 70.1 cm³/mol. The van der Waals surface area contributed by atoms with Gasteiger partial charge in [-0.2, -0.15) is 0 Å². The van der Waals surface area contributed by atoms with Crippen LogP contribution in [0, 0.1) is 10.1 Å². The normalized spacial score (nSPS) is 10.6. The molecular formula is C10H8BrClN4O2. The molecule has 0 spiro atoms. The van der Waals surface area contributed by atoms with Gasteiger partial charge in [-0.05, 0) is 28.1 Å². The highest BCUT2D eigenvalue weighted by atomic mass is 79.9. The predicted octanol–water partition coefficient (Wildman–Crippen LogP) is 2.72. The van der Waals surface area contributed by atoms with E-state index in [1.807, 2.05) is 0 Å². The van der Waals surface area contributed by atoms with Crippen molar-refractivity contribution in [1.82, 2.24) is 15.0 Å². The molecule has 1 aromatic carbocycles. The highest BCUT2D eigenvalue weighted by Crippen LogP contribution is 2.26. The van der Waals surface area contributed by atoms with Crippen molar-refractivity contribution in [2.24, 2.45) is 0 Å². The largest absolute Gasteiger partial charge is 0.285 e. The number of nitro groups is 1. The first kappa shape index (κ1) is 13.0. The molecule has 2 rings (SSSR count). The molecule has 0 bridgehead atoms. The van der Waals surface area contributed by atoms with Gasteiger partial charge in [0.2, 0.25) is 0 Å². The maximum Gasteiger partial charge on any atom is 0.285 e. The number of benzene rings is 1. The van der Waals surface area contributed by atoms with Gasteiger partial charge in [-0.25, -0.2) is 4.68 Å². The Balaban J connectivity index is 2.38. The Bertz CT molecular complexity index is 587. The van der Waals surface area contributed by atoms with Crippen molar-refractivity contribution in [2.45, 2.75) is 6.42 Å². The van der Waals surface area contributed by atoms with E-state index in [9.17, 15) is 10.1 Å². The van der Waals surface area contributed by atoms with Gasteiger partial charge in [0.25, 0.3) is 5.69 Å². The van der Waals surface area contributed by atoms with Crippen molar-refractivity contribution in [3.8, 4) is 5.69 Å². The molecule has 0 radical (unpaired) electrons. The van der Waals surface area contributed by atoms with Crippen LogP contribution in [-0.2, 0) is 6.42 Å². The Morgan fingerprint density at radius 3 is 2.94 bits per heavy atom. The summed E-state index contributed by atoms with van der Waals surface area (Å²) >= 11 is 8.74. The molecule has 18 heavy (non-hydrogen) atoms. The molecule has 0 saturated carbocycles. The minimum atomic E-state index is -0.454. The third-order valence-electron chi connectivity index (χ3n) is 2.28. The second-order valence-electron chi connectivity index (χ2n) is 3.49. The van der Waals surface area contributed by atoms with E-state index in [1.165, 1.54) is 10.7 Å². The number of aryl methyl sites for hydroxylation is 1. The van der Waals surface area contributed by atoms with E-state index in [1.54, 1.807) is 18.3 Å². The SMILES string of the molecule is O=[N+]([O-])c1cc(-n2cc(CCCl)nn2)ccc1Br. The Hall–Kier alpha value is -1.47. The highest BCUT2D eigenvalue weighted by molar-refractivity contribution is 9.10. The smallest absolute Gasteiger partial charge is 0.258 e. The first-order valence-electron chi connectivity index (χ1n) is 5.03. The minimum absolute atomic E-state index is 0.0121. The monoisotopic (exact) mass is 330 g/mol. The van der Waals surface area contributed by atoms with Gasteiger partial charge in [-0.3, -0.25) is 10.1 Å². The summed E-state index contributed by atoms with van der Waals surface area (Å²) in [4.78, 5) is 10.4. The van der Waals surface area contributed by atoms with E-state index in [4.69, 9.17) is 11.6 Å². The quantitative estimate of drug-likeness (QED) is 0.490. The molecule has 0 N–H and O–H groups in total. The Kier molecular flexibility index (Phi) is 3.93. The first-order chi connectivity index (χ1) is 8.61. The Morgan fingerprint density at radius 1 is 1.50 bits per heavy atom. The number of hydrogen-bond donors (Lipinski definition) is 0. The fraction of sp³-hybridized carbons (Fsp3) is 0.200. The maximum atomic E-state index is 10.8. The van der Waals surface area contributed by atoms with Crippen LogP contribution < -0.4 is 0 Å². The van der Waals surface area contributed by atoms with E-state index >= 15 is 0 Å². The topological polar surface area (TPSA) is 73.8 Å². The molecular weight excluding hydrogens is 323 g/mol. The molecule has 1 heterocycles. The molecule has 0 fully saturated rings. The van der Waals surface area contributed by atoms with E-state index in [0.29, 0.717) is 22.5 Å². The first-order valence-corrected chi connectivity index (χ1v) is 6.36. The van der Waals surface area contributed by atoms with E-state index in [0.717, 1.165) is 5.69 Å². The lowest BCUT2D eigenvalue weighted by atomic mass is 10.3. The average Bonchev–Trinajstić information content (AvgIpc) is 2.78. The Labute approximate surface area is 116 Å². The number of aromatic nitrogens is 3. The summed E-state index contributed by atoms with van der Waals surface area (Å²) < 4.78 is 1.92. The lowest BCUT2D eigenvalue weighted by Crippen LogP contribution is -1.97. The third-order valence-corrected chi connectivity index (χ3v) is 3.14. The molecule has 1 aromatic heterocycles. The molecule has 0 aliphatic carbocycles. The van der Waals surface area contributed by atoms with Crippen LogP contribution in [0.5, 0.6) is 0 Å². The van der Waals surface area contributed by atoms with Gasteiger partial charge in [-0.1, -0.05) is 5.21 Å². The van der Waals surface area contributed by atoms with Crippen LogP contribution in [-0.4, -0.2) is 25.8 Å². The van der Waals surface area contributed by atoms with Crippen LogP contribution in [0.3, 0.4) is 0 Å². The fourth-order valence-electron chi connectivity index (χ4n) is 1.42. The van der Waals surface area contributed by atoms with Crippen LogP contribution in [0.4, 0.5) is 5.69 Å². The number of rotatable bonds is 4. The van der Waals surface area contributed by atoms with Gasteiger partial charge in [0.05, 0.1) is 27.0 Å². The summed E-state index contributed by atoms with van der Waals surface area (Å²) in [5.41, 5.74) is 1.32. The van der Waals surface area contributed by atoms with Crippen LogP contribution >= 0.6 is 27.5 Å². The lowest BCUT2D eigenvalue weighted by Gasteiger charge is -2.01. The third kappa shape index (κ3) is 2.68. The highest BCUT2D eigenvalue weighted by Gasteiger charge is 2.13. The zero-order valence-corrected chi connectivity index (χ0v) is 11.4. The van der Waals surface area contributed by atoms with Crippen molar-refractivity contribution >= 4 is 33.2 Å². The van der Waals surface area contributed by atoms with Crippen molar-refractivity contribution in [3.05, 3.63) is 44.7 Å². The van der Waals surface area contributed by atoms with Crippen molar-refractivity contribution in [3.63, 3.8) is 0 Å². The summed E-state index contributed by atoms with van der Waals surface area (Å²) in [6.45, 7) is 0. The van der Waals surface area contributed by atoms with E-state index in [2.05, 4.69) is 26.2 Å². The molecule has 0 aliphatic heterocycles. The molecule has 8 heteroatoms. The number of alkyl halides is 1. The van der Waals surface area contributed by atoms with Gasteiger partial charge >= 0.3 is 0 Å². The minimum Gasteiger partial charge on any atom is -0.258 e. The molecule has 0 saturated heterocycles. The molecule has 6 nitrogen and oxygen atoms in total. The van der Waals surface area contributed by atoms with Crippen molar-refractivity contribution in [1.29, 1.82) is 0 Å². The number of nitrogens with zero attached hydrogens (tertiary/aromatic N) is 4. The second-order valence-corrected chi connectivity index (χ2v) is 4.72. The van der Waals surface area contributed by atoms with E-state index in [-0.39, 0.29) is 5.69 Å². The molecule has 0 aliphatic rings. The van der Waals surface area contributed by atoms with Gasteiger partial charge in [0.1, 0.15) is 0 Å². The molecule has 0 amide bonds. The average molecular weight is 332 g/mol. The summed E-state index contributed by atoms with van der Waals surface area (Å²) in [5.74, 6) is 0.458. The molecule has 0 unspecified atom stereocenters. The lowest BCUT2D eigenvalue weighted by molar-refractivity contribution is -0.385. The summed E-state index contributed by atoms with van der Waals surface area (Å²) in [6, 6.07) is 4.76. The zero-order valence-electron chi connectivity index (χ0n) is 9.08. The number of hydrogen-bond acceptors (Lipinski definition) is 4. The standard InChI is InChI=1S/C10H8BrClN4O2/c11-9-2-1-8(5-10(9)16(17)18)15-6-7(3-4-12)13-14-15/h1-2,5-6H,3-4H2. The van der Waals surface area contributed by atoms with Crippen LogP contribution in [0.2, 0.25) is 0 Å². The second kappa shape index (κ2) is 5.45. The van der Waals surface area contributed by atoms with Gasteiger partial charge < -0.3 is 0 Å². The molecule has 0 atom stereocenters. The summed E-state index contributed by atoms with van der Waals surface area (Å²) in [5, 5.41) is 18.7.